The molecule has 2 fully saturated rings. The van der Waals surface area contributed by atoms with Crippen LogP contribution in [0.5, 0.6) is 0 Å². The highest BCUT2D eigenvalue weighted by Gasteiger charge is 2.51. The van der Waals surface area contributed by atoms with Gasteiger partial charge in [-0.1, -0.05) is 71.0 Å². The molecule has 3 aliphatic rings. The highest BCUT2D eigenvalue weighted by atomic mass is 16.5. The van der Waals surface area contributed by atoms with Crippen molar-refractivity contribution in [2.75, 3.05) is 20.8 Å². The van der Waals surface area contributed by atoms with Gasteiger partial charge in [0.25, 0.3) is 0 Å². The second-order valence-electron chi connectivity index (χ2n) is 17.7. The van der Waals surface area contributed by atoms with Crippen LogP contribution in [0.3, 0.4) is 0 Å². The number of carbonyl (C=O) groups is 4. The molecule has 0 unspecified atom stereocenters. The Kier molecular flexibility index (Phi) is 12.1. The molecule has 3 heterocycles. The smallest absolute Gasteiger partial charge is 0.407 e. The molecule has 14 nitrogen and oxygen atoms in total. The van der Waals surface area contributed by atoms with Crippen molar-refractivity contribution in [2.24, 2.45) is 17.8 Å². The number of rotatable bonds is 13. The van der Waals surface area contributed by atoms with E-state index in [0.717, 1.165) is 77.8 Å². The molecular formula is C48H58N8O6. The average molecular weight is 843 g/mol. The fourth-order valence-electron chi connectivity index (χ4n) is 9.81. The molecule has 1 saturated heterocycles. The summed E-state index contributed by atoms with van der Waals surface area (Å²) in [4.78, 5) is 72.3. The van der Waals surface area contributed by atoms with Crippen molar-refractivity contribution in [1.82, 2.24) is 40.4 Å². The number of amides is 4. The number of likely N-dealkylation sites (tertiary alicyclic amines) is 1. The largest absolute Gasteiger partial charge is 0.453 e. The average Bonchev–Trinajstić information content (AvgIpc) is 4.10. The van der Waals surface area contributed by atoms with Crippen LogP contribution in [-0.2, 0) is 38.4 Å². The number of aromatic nitrogens is 4. The van der Waals surface area contributed by atoms with E-state index in [1.54, 1.807) is 4.90 Å². The highest BCUT2D eigenvalue weighted by Crippen LogP contribution is 2.50. The lowest BCUT2D eigenvalue weighted by molar-refractivity contribution is -0.139. The van der Waals surface area contributed by atoms with Crippen molar-refractivity contribution < 1.29 is 28.7 Å². The van der Waals surface area contributed by atoms with Crippen LogP contribution in [0.25, 0.3) is 44.5 Å². The van der Waals surface area contributed by atoms with Crippen molar-refractivity contribution in [2.45, 2.75) is 104 Å². The number of hydrogen-bond acceptors (Lipinski definition) is 8. The number of methoxy groups -OCH3 is 2. The lowest BCUT2D eigenvalue weighted by Gasteiger charge is -2.37. The minimum absolute atomic E-state index is 0.0848. The molecule has 62 heavy (non-hydrogen) atoms. The topological polar surface area (TPSA) is 175 Å². The second kappa shape index (κ2) is 17.7. The Hall–Kier alpha value is -6.18. The van der Waals surface area contributed by atoms with Crippen LogP contribution in [0, 0.1) is 17.8 Å². The number of H-pyrrole nitrogens is 2. The lowest BCUT2D eigenvalue weighted by atomic mass is 9.83. The van der Waals surface area contributed by atoms with Gasteiger partial charge in [0.1, 0.15) is 23.7 Å². The van der Waals surface area contributed by atoms with Crippen molar-refractivity contribution >= 4 is 35.0 Å². The van der Waals surface area contributed by atoms with Gasteiger partial charge < -0.3 is 39.9 Å². The molecule has 8 rings (SSSR count). The van der Waals surface area contributed by atoms with Crippen molar-refractivity contribution in [1.29, 1.82) is 0 Å². The third-order valence-electron chi connectivity index (χ3n) is 13.0. The number of fused-ring (bicyclic) bond motifs is 6. The summed E-state index contributed by atoms with van der Waals surface area (Å²) in [6, 6.07) is 18.2. The van der Waals surface area contributed by atoms with E-state index in [1.807, 2.05) is 45.7 Å². The van der Waals surface area contributed by atoms with Crippen molar-refractivity contribution in [3.05, 3.63) is 83.6 Å². The van der Waals surface area contributed by atoms with Gasteiger partial charge in [0, 0.05) is 12.6 Å². The number of imidazole rings is 2. The van der Waals surface area contributed by atoms with Gasteiger partial charge >= 0.3 is 12.2 Å². The summed E-state index contributed by atoms with van der Waals surface area (Å²) >= 11 is 0. The lowest BCUT2D eigenvalue weighted by Crippen LogP contribution is -2.54. The van der Waals surface area contributed by atoms with Crippen LogP contribution < -0.4 is 10.6 Å². The van der Waals surface area contributed by atoms with E-state index in [4.69, 9.17) is 14.5 Å². The van der Waals surface area contributed by atoms with Crippen LogP contribution in [0.2, 0.25) is 0 Å². The van der Waals surface area contributed by atoms with Gasteiger partial charge in [-0.3, -0.25) is 9.59 Å². The van der Waals surface area contributed by atoms with E-state index in [1.165, 1.54) is 36.5 Å². The van der Waals surface area contributed by atoms with Crippen LogP contribution in [0.1, 0.15) is 89.1 Å². The van der Waals surface area contributed by atoms with E-state index >= 15 is 0 Å². The Morgan fingerprint density at radius 3 is 2.11 bits per heavy atom. The van der Waals surface area contributed by atoms with Gasteiger partial charge in [-0.2, -0.15) is 0 Å². The molecule has 326 valence electrons. The number of benzene rings is 3. The van der Waals surface area contributed by atoms with Crippen LogP contribution in [0.4, 0.5) is 9.59 Å². The third-order valence-corrected chi connectivity index (χ3v) is 13.0. The number of alkyl carbamates (subject to hydrolysis) is 2. The number of carbonyl (C=O) groups excluding carboxylic acids is 4. The molecule has 14 heteroatoms. The number of aromatic amines is 2. The normalized spacial score (nSPS) is 18.7. The Bertz CT molecular complexity index is 2490. The summed E-state index contributed by atoms with van der Waals surface area (Å²) in [7, 11) is 2.60. The minimum atomic E-state index is -0.706. The monoisotopic (exact) mass is 842 g/mol. The zero-order chi connectivity index (χ0) is 43.8. The summed E-state index contributed by atoms with van der Waals surface area (Å²) in [6.07, 6.45) is 6.10. The third kappa shape index (κ3) is 8.26. The molecule has 3 aromatic carbocycles. The molecule has 5 aromatic rings. The second-order valence-corrected chi connectivity index (χ2v) is 17.7. The molecular weight excluding hydrogens is 785 g/mol. The number of ether oxygens (including phenoxy) is 2. The highest BCUT2D eigenvalue weighted by molar-refractivity contribution is 5.88. The molecule has 4 amide bonds. The summed E-state index contributed by atoms with van der Waals surface area (Å²) < 4.78 is 9.62. The number of hydrogen-bond donors (Lipinski definition) is 4. The standard InChI is InChI=1S/C48H58N8O6/c1-8-19-55(45(57)41(26(2)3)53-47(59)61-6)25-40-49-24-39(50-40)32-13-17-36-31(21-32)10-9-30-20-28(12-16-35(30)36)29-14-18-37-38(23-29)52-44(51-37)43-33-11-15-34(22-33)56(43)46(58)42(27(4)5)54-48(60)62-7/h12-14,16-18,20-21,23-24,26-27,33-34,41-43H,8-11,15,19,22,25H2,1-7H3,(H,49,50)(H,51,52)(H,53,59)(H,54,60)/t33-,34+,41-,42-,43-/m0/s1. The first-order valence-electron chi connectivity index (χ1n) is 22.0. The maximum absolute atomic E-state index is 14.1. The van der Waals surface area contributed by atoms with Crippen molar-refractivity contribution in [3.8, 4) is 33.5 Å². The van der Waals surface area contributed by atoms with Gasteiger partial charge in [0.2, 0.25) is 11.8 Å². The van der Waals surface area contributed by atoms with E-state index in [9.17, 15) is 19.2 Å². The molecule has 2 aliphatic carbocycles. The fraction of sp³-hybridized carbons (Fsp3) is 0.458. The zero-order valence-corrected chi connectivity index (χ0v) is 36.7. The molecule has 0 spiro atoms. The molecule has 0 radical (unpaired) electrons. The Morgan fingerprint density at radius 1 is 0.823 bits per heavy atom. The predicted molar refractivity (Wildman–Crippen MR) is 237 cm³/mol. The number of piperidine rings is 1. The Labute approximate surface area is 362 Å². The maximum atomic E-state index is 14.1. The van der Waals surface area contributed by atoms with E-state index in [-0.39, 0.29) is 35.7 Å². The van der Waals surface area contributed by atoms with E-state index in [2.05, 4.69) is 80.2 Å². The minimum Gasteiger partial charge on any atom is -0.453 e. The first-order chi connectivity index (χ1) is 29.9. The van der Waals surface area contributed by atoms with E-state index in [0.29, 0.717) is 24.8 Å². The van der Waals surface area contributed by atoms with Crippen molar-refractivity contribution in [3.63, 3.8) is 0 Å². The quantitative estimate of drug-likeness (QED) is 0.0925. The zero-order valence-electron chi connectivity index (χ0n) is 36.7. The molecule has 1 saturated carbocycles. The van der Waals surface area contributed by atoms with Gasteiger partial charge in [-0.05, 0) is 113 Å². The van der Waals surface area contributed by atoms with Gasteiger partial charge in [-0.15, -0.1) is 0 Å². The number of aryl methyl sites for hydroxylation is 2. The molecule has 1 aliphatic heterocycles. The number of nitrogens with zero attached hydrogens (tertiary/aromatic N) is 4. The predicted octanol–water partition coefficient (Wildman–Crippen LogP) is 7.94. The SMILES string of the molecule is CCCN(Cc1ncc(-c2ccc3c(c2)CCc2cc(-c4ccc5nc([C@@H]6[C@H]7CC[C@H](C7)N6C(=O)[C@@H](NC(=O)OC)C(C)C)[nH]c5c4)ccc2-3)[nH]1)C(=O)[C@@H](NC(=O)OC)C(C)C. The molecule has 2 bridgehead atoms. The van der Waals surface area contributed by atoms with E-state index < -0.39 is 24.3 Å². The van der Waals surface area contributed by atoms with Gasteiger partial charge in [0.05, 0.1) is 49.7 Å². The first kappa shape index (κ1) is 42.5. The fourth-order valence-corrected chi connectivity index (χ4v) is 9.81. The molecule has 4 N–H and O–H groups in total. The number of nitrogens with one attached hydrogen (secondary N) is 4. The summed E-state index contributed by atoms with van der Waals surface area (Å²) in [5, 5.41) is 5.47. The van der Waals surface area contributed by atoms with Crippen LogP contribution in [0.15, 0.2) is 60.8 Å². The summed E-state index contributed by atoms with van der Waals surface area (Å²) in [6.45, 7) is 10.5. The van der Waals surface area contributed by atoms with Gasteiger partial charge in [0.15, 0.2) is 0 Å². The Morgan fingerprint density at radius 2 is 1.45 bits per heavy atom. The summed E-state index contributed by atoms with van der Waals surface area (Å²) in [5.74, 6) is 1.31. The van der Waals surface area contributed by atoms with Crippen LogP contribution >= 0.6 is 0 Å². The van der Waals surface area contributed by atoms with Gasteiger partial charge in [-0.25, -0.2) is 19.6 Å². The first-order valence-corrected chi connectivity index (χ1v) is 22.0. The molecule has 2 aromatic heterocycles. The molecule has 5 atom stereocenters. The summed E-state index contributed by atoms with van der Waals surface area (Å²) in [5.41, 5.74) is 11.0. The Balaban J connectivity index is 0.985. The maximum Gasteiger partial charge on any atom is 0.407 e. The van der Waals surface area contributed by atoms with Crippen LogP contribution in [-0.4, -0.2) is 92.6 Å².